The van der Waals surface area contributed by atoms with Crippen molar-refractivity contribution in [3.05, 3.63) is 71.0 Å². The number of carbonyl (C=O) groups excluding carboxylic acids is 1. The van der Waals surface area contributed by atoms with Crippen LogP contribution in [0.1, 0.15) is 42.9 Å². The van der Waals surface area contributed by atoms with Gasteiger partial charge in [0.25, 0.3) is 0 Å². The van der Waals surface area contributed by atoms with E-state index in [4.69, 9.17) is 0 Å². The maximum Gasteiger partial charge on any atom is 0.321 e. The molecule has 0 bridgehead atoms. The lowest BCUT2D eigenvalue weighted by Gasteiger charge is -2.21. The minimum absolute atomic E-state index is 0.133. The summed E-state index contributed by atoms with van der Waals surface area (Å²) in [7, 11) is 0. The molecule has 3 aromatic rings. The van der Waals surface area contributed by atoms with Gasteiger partial charge in [-0.05, 0) is 44.0 Å². The summed E-state index contributed by atoms with van der Waals surface area (Å²) < 4.78 is 0. The smallest absolute Gasteiger partial charge is 0.321 e. The highest BCUT2D eigenvalue weighted by molar-refractivity contribution is 7.15. The predicted molar refractivity (Wildman–Crippen MR) is 103 cm³/mol. The second-order valence-electron chi connectivity index (χ2n) is 6.50. The number of pyridine rings is 1. The summed E-state index contributed by atoms with van der Waals surface area (Å²) >= 11 is 1.38. The van der Waals surface area contributed by atoms with Crippen molar-refractivity contribution in [3.63, 3.8) is 0 Å². The van der Waals surface area contributed by atoms with Crippen molar-refractivity contribution >= 4 is 22.5 Å². The van der Waals surface area contributed by atoms with Crippen LogP contribution in [0.4, 0.5) is 9.93 Å². The van der Waals surface area contributed by atoms with Gasteiger partial charge in [0.2, 0.25) is 5.13 Å². The van der Waals surface area contributed by atoms with Crippen LogP contribution in [0.5, 0.6) is 0 Å². The standard InChI is InChI=1S/C19H21N5OS/c1-13(14-9-11-20-12-10-14)21-17(25)22-18-24-23-16(26-18)19(2,3)15-7-5-4-6-8-15/h4-13H,1-3H3,(H2,21,22,24,25). The van der Waals surface area contributed by atoms with Crippen LogP contribution in [0.25, 0.3) is 0 Å². The van der Waals surface area contributed by atoms with Crippen LogP contribution in [0.2, 0.25) is 0 Å². The summed E-state index contributed by atoms with van der Waals surface area (Å²) in [4.78, 5) is 16.2. The Bertz CT molecular complexity index is 864. The molecule has 2 N–H and O–H groups in total. The molecule has 0 fully saturated rings. The highest BCUT2D eigenvalue weighted by atomic mass is 32.1. The molecule has 2 heterocycles. The van der Waals surface area contributed by atoms with Gasteiger partial charge in [-0.15, -0.1) is 10.2 Å². The number of hydrogen-bond donors (Lipinski definition) is 2. The predicted octanol–water partition coefficient (Wildman–Crippen LogP) is 4.14. The molecule has 1 unspecified atom stereocenters. The van der Waals surface area contributed by atoms with Crippen molar-refractivity contribution in [2.45, 2.75) is 32.2 Å². The third-order valence-corrected chi connectivity index (χ3v) is 5.39. The molecule has 1 aromatic carbocycles. The normalized spacial score (nSPS) is 12.4. The number of amides is 2. The lowest BCUT2D eigenvalue weighted by atomic mass is 9.85. The zero-order chi connectivity index (χ0) is 18.6. The summed E-state index contributed by atoms with van der Waals surface area (Å²) in [5, 5.41) is 15.4. The molecule has 1 atom stereocenters. The Morgan fingerprint density at radius 1 is 1.08 bits per heavy atom. The molecule has 0 saturated carbocycles. The van der Waals surface area contributed by atoms with E-state index >= 15 is 0 Å². The van der Waals surface area contributed by atoms with E-state index in [2.05, 4.69) is 51.8 Å². The first kappa shape index (κ1) is 18.0. The van der Waals surface area contributed by atoms with Crippen LogP contribution >= 0.6 is 11.3 Å². The van der Waals surface area contributed by atoms with E-state index in [1.165, 1.54) is 11.3 Å². The zero-order valence-corrected chi connectivity index (χ0v) is 15.7. The number of aromatic nitrogens is 3. The number of rotatable bonds is 5. The second-order valence-corrected chi connectivity index (χ2v) is 7.48. The first-order valence-corrected chi connectivity index (χ1v) is 9.15. The molecule has 7 heteroatoms. The molecule has 0 aliphatic heterocycles. The van der Waals surface area contributed by atoms with E-state index < -0.39 is 0 Å². The van der Waals surface area contributed by atoms with Gasteiger partial charge in [-0.25, -0.2) is 4.79 Å². The first-order chi connectivity index (χ1) is 12.5. The van der Waals surface area contributed by atoms with E-state index in [-0.39, 0.29) is 17.5 Å². The number of urea groups is 1. The van der Waals surface area contributed by atoms with E-state index in [0.29, 0.717) is 5.13 Å². The summed E-state index contributed by atoms with van der Waals surface area (Å²) in [5.74, 6) is 0. The molecular weight excluding hydrogens is 346 g/mol. The topological polar surface area (TPSA) is 79.8 Å². The highest BCUT2D eigenvalue weighted by Gasteiger charge is 2.27. The summed E-state index contributed by atoms with van der Waals surface area (Å²) in [6.07, 6.45) is 3.40. The van der Waals surface area contributed by atoms with Crippen molar-refractivity contribution in [1.29, 1.82) is 0 Å². The van der Waals surface area contributed by atoms with Crippen LogP contribution in [-0.4, -0.2) is 21.2 Å². The average molecular weight is 367 g/mol. The maximum absolute atomic E-state index is 12.2. The van der Waals surface area contributed by atoms with Crippen molar-refractivity contribution in [1.82, 2.24) is 20.5 Å². The Kier molecular flexibility index (Phi) is 5.27. The molecule has 0 saturated heterocycles. The third-order valence-electron chi connectivity index (χ3n) is 4.23. The van der Waals surface area contributed by atoms with E-state index in [1.54, 1.807) is 12.4 Å². The Balaban J connectivity index is 1.66. The van der Waals surface area contributed by atoms with E-state index in [0.717, 1.165) is 16.1 Å². The number of nitrogens with zero attached hydrogens (tertiary/aromatic N) is 3. The average Bonchev–Trinajstić information content (AvgIpc) is 3.12. The number of hydrogen-bond acceptors (Lipinski definition) is 5. The van der Waals surface area contributed by atoms with E-state index in [9.17, 15) is 4.79 Å². The Morgan fingerprint density at radius 3 is 2.46 bits per heavy atom. The van der Waals surface area contributed by atoms with Crippen molar-refractivity contribution < 1.29 is 4.79 Å². The van der Waals surface area contributed by atoms with Gasteiger partial charge in [-0.3, -0.25) is 10.3 Å². The SMILES string of the molecule is CC(NC(=O)Nc1nnc(C(C)(C)c2ccccc2)s1)c1ccncc1. The number of anilines is 1. The Hall–Kier alpha value is -2.80. The fourth-order valence-corrected chi connectivity index (χ4v) is 3.43. The van der Waals surface area contributed by atoms with Gasteiger partial charge in [0.15, 0.2) is 0 Å². The monoisotopic (exact) mass is 367 g/mol. The second kappa shape index (κ2) is 7.61. The molecule has 2 amide bonds. The summed E-state index contributed by atoms with van der Waals surface area (Å²) in [5.41, 5.74) is 1.86. The minimum atomic E-state index is -0.311. The van der Waals surface area contributed by atoms with Crippen LogP contribution in [0.3, 0.4) is 0 Å². The number of nitrogens with one attached hydrogen (secondary N) is 2. The lowest BCUT2D eigenvalue weighted by molar-refractivity contribution is 0.249. The highest BCUT2D eigenvalue weighted by Crippen LogP contribution is 2.34. The van der Waals surface area contributed by atoms with Gasteiger partial charge in [-0.2, -0.15) is 0 Å². The lowest BCUT2D eigenvalue weighted by Crippen LogP contribution is -2.31. The van der Waals surface area contributed by atoms with Crippen molar-refractivity contribution in [2.75, 3.05) is 5.32 Å². The Morgan fingerprint density at radius 2 is 1.77 bits per heavy atom. The fourth-order valence-electron chi connectivity index (χ4n) is 2.57. The Labute approximate surface area is 156 Å². The summed E-state index contributed by atoms with van der Waals surface area (Å²) in [6, 6.07) is 13.4. The largest absolute Gasteiger partial charge is 0.331 e. The molecular formula is C19H21N5OS. The molecule has 0 aliphatic rings. The van der Waals surface area contributed by atoms with Gasteiger partial charge in [0, 0.05) is 17.8 Å². The van der Waals surface area contributed by atoms with Crippen LogP contribution in [0, 0.1) is 0 Å². The molecule has 26 heavy (non-hydrogen) atoms. The quantitative estimate of drug-likeness (QED) is 0.710. The number of benzene rings is 1. The van der Waals surface area contributed by atoms with E-state index in [1.807, 2.05) is 37.3 Å². The van der Waals surface area contributed by atoms with Crippen molar-refractivity contribution in [2.24, 2.45) is 0 Å². The molecule has 6 nitrogen and oxygen atoms in total. The molecule has 3 rings (SSSR count). The minimum Gasteiger partial charge on any atom is -0.331 e. The molecule has 0 radical (unpaired) electrons. The molecule has 0 aliphatic carbocycles. The van der Waals surface area contributed by atoms with Gasteiger partial charge < -0.3 is 5.32 Å². The summed E-state index contributed by atoms with van der Waals surface area (Å²) in [6.45, 7) is 6.11. The number of carbonyl (C=O) groups is 1. The maximum atomic E-state index is 12.2. The van der Waals surface area contributed by atoms with Crippen molar-refractivity contribution in [3.8, 4) is 0 Å². The fraction of sp³-hybridized carbons (Fsp3) is 0.263. The van der Waals surface area contributed by atoms with Gasteiger partial charge >= 0.3 is 6.03 Å². The molecule has 134 valence electrons. The third kappa shape index (κ3) is 4.05. The zero-order valence-electron chi connectivity index (χ0n) is 14.9. The van der Waals surface area contributed by atoms with Crippen LogP contribution in [0.15, 0.2) is 54.9 Å². The van der Waals surface area contributed by atoms with Gasteiger partial charge in [-0.1, -0.05) is 41.7 Å². The first-order valence-electron chi connectivity index (χ1n) is 8.34. The van der Waals surface area contributed by atoms with Gasteiger partial charge in [0.1, 0.15) is 5.01 Å². The molecule has 2 aromatic heterocycles. The van der Waals surface area contributed by atoms with Crippen LogP contribution < -0.4 is 10.6 Å². The molecule has 0 spiro atoms. The van der Waals surface area contributed by atoms with Crippen LogP contribution in [-0.2, 0) is 5.41 Å². The van der Waals surface area contributed by atoms with Gasteiger partial charge in [0.05, 0.1) is 6.04 Å².